The standard InChI is InChI=1S/C26H29FN2O4/c1-31-23-8-4-5-18-17-24(33-25(18)23)26(30)29-13-9-19(10-14-29)28-15-11-20(12-16-28)32-22-7-3-2-6-21(22)27/h2-8,17,19-20H,9-16H2,1H3. The first-order valence-electron chi connectivity index (χ1n) is 11.6. The molecule has 174 valence electrons. The highest BCUT2D eigenvalue weighted by Crippen LogP contribution is 2.30. The van der Waals surface area contributed by atoms with Gasteiger partial charge in [-0.1, -0.05) is 24.3 Å². The van der Waals surface area contributed by atoms with Gasteiger partial charge in [0.2, 0.25) is 0 Å². The summed E-state index contributed by atoms with van der Waals surface area (Å²) >= 11 is 0. The molecular weight excluding hydrogens is 423 g/mol. The summed E-state index contributed by atoms with van der Waals surface area (Å²) in [5, 5.41) is 0.869. The van der Waals surface area contributed by atoms with E-state index in [4.69, 9.17) is 13.9 Å². The average Bonchev–Trinajstić information content (AvgIpc) is 3.30. The highest BCUT2D eigenvalue weighted by Gasteiger charge is 2.31. The predicted octanol–water partition coefficient (Wildman–Crippen LogP) is 4.73. The van der Waals surface area contributed by atoms with Crippen LogP contribution in [-0.2, 0) is 0 Å². The highest BCUT2D eigenvalue weighted by atomic mass is 19.1. The normalized spacial score (nSPS) is 18.5. The molecule has 0 radical (unpaired) electrons. The molecule has 1 aromatic heterocycles. The number of halogens is 1. The molecule has 2 fully saturated rings. The first-order valence-corrected chi connectivity index (χ1v) is 11.6. The van der Waals surface area contributed by atoms with E-state index in [0.29, 0.717) is 42.0 Å². The number of likely N-dealkylation sites (tertiary alicyclic amines) is 2. The van der Waals surface area contributed by atoms with Gasteiger partial charge in [0.25, 0.3) is 5.91 Å². The van der Waals surface area contributed by atoms with Crippen LogP contribution in [0.3, 0.4) is 0 Å². The number of hydrogen-bond donors (Lipinski definition) is 0. The van der Waals surface area contributed by atoms with Crippen molar-refractivity contribution in [3.63, 3.8) is 0 Å². The summed E-state index contributed by atoms with van der Waals surface area (Å²) in [5.41, 5.74) is 0.610. The minimum absolute atomic E-state index is 0.0462. The fourth-order valence-corrected chi connectivity index (χ4v) is 4.97. The van der Waals surface area contributed by atoms with E-state index in [1.54, 1.807) is 31.4 Å². The fourth-order valence-electron chi connectivity index (χ4n) is 4.97. The molecule has 3 aromatic rings. The van der Waals surface area contributed by atoms with Gasteiger partial charge in [-0.25, -0.2) is 4.39 Å². The van der Waals surface area contributed by atoms with Crippen molar-refractivity contribution in [1.29, 1.82) is 0 Å². The zero-order valence-corrected chi connectivity index (χ0v) is 18.8. The lowest BCUT2D eigenvalue weighted by atomic mass is 9.98. The SMILES string of the molecule is COc1cccc2cc(C(=O)N3CCC(N4CCC(Oc5ccccc5F)CC4)CC3)oc12. The van der Waals surface area contributed by atoms with Crippen molar-refractivity contribution in [3.8, 4) is 11.5 Å². The van der Waals surface area contributed by atoms with E-state index < -0.39 is 0 Å². The maximum absolute atomic E-state index is 13.9. The van der Waals surface area contributed by atoms with E-state index in [0.717, 1.165) is 44.2 Å². The molecule has 5 rings (SSSR count). The summed E-state index contributed by atoms with van der Waals surface area (Å²) in [6.07, 6.45) is 3.69. The van der Waals surface area contributed by atoms with Gasteiger partial charge in [-0.3, -0.25) is 9.69 Å². The molecule has 0 saturated carbocycles. The fraction of sp³-hybridized carbons (Fsp3) is 0.423. The molecule has 0 aliphatic carbocycles. The molecule has 7 heteroatoms. The number of para-hydroxylation sites is 2. The largest absolute Gasteiger partial charge is 0.493 e. The van der Waals surface area contributed by atoms with Crippen molar-refractivity contribution in [1.82, 2.24) is 9.80 Å². The lowest BCUT2D eigenvalue weighted by molar-refractivity contribution is 0.0404. The first-order chi connectivity index (χ1) is 16.1. The molecule has 2 aliphatic rings. The molecule has 2 aliphatic heterocycles. The van der Waals surface area contributed by atoms with Crippen LogP contribution >= 0.6 is 0 Å². The number of nitrogens with zero attached hydrogens (tertiary/aromatic N) is 2. The molecule has 33 heavy (non-hydrogen) atoms. The maximum atomic E-state index is 13.9. The lowest BCUT2D eigenvalue weighted by Gasteiger charge is -2.41. The Balaban J connectivity index is 1.13. The number of carbonyl (C=O) groups excluding carboxylic acids is 1. The van der Waals surface area contributed by atoms with Crippen molar-refractivity contribution >= 4 is 16.9 Å². The number of amides is 1. The van der Waals surface area contributed by atoms with Crippen LogP contribution in [0.2, 0.25) is 0 Å². The second-order valence-corrected chi connectivity index (χ2v) is 8.80. The highest BCUT2D eigenvalue weighted by molar-refractivity contribution is 5.97. The summed E-state index contributed by atoms with van der Waals surface area (Å²) in [5.74, 6) is 0.959. The third-order valence-electron chi connectivity index (χ3n) is 6.81. The molecular formula is C26H29FN2O4. The monoisotopic (exact) mass is 452 g/mol. The van der Waals surface area contributed by atoms with Crippen LogP contribution in [0.25, 0.3) is 11.0 Å². The Labute approximate surface area is 192 Å². The van der Waals surface area contributed by atoms with E-state index >= 15 is 0 Å². The molecule has 2 saturated heterocycles. The number of piperidine rings is 2. The number of furan rings is 1. The van der Waals surface area contributed by atoms with Crippen molar-refractivity contribution in [2.45, 2.75) is 37.8 Å². The van der Waals surface area contributed by atoms with Crippen molar-refractivity contribution in [2.75, 3.05) is 33.3 Å². The van der Waals surface area contributed by atoms with Crippen molar-refractivity contribution in [3.05, 3.63) is 60.1 Å². The van der Waals surface area contributed by atoms with Gasteiger partial charge in [0.05, 0.1) is 7.11 Å². The molecule has 6 nitrogen and oxygen atoms in total. The molecule has 0 N–H and O–H groups in total. The summed E-state index contributed by atoms with van der Waals surface area (Å²) < 4.78 is 30.9. The van der Waals surface area contributed by atoms with E-state index in [-0.39, 0.29) is 17.8 Å². The second-order valence-electron chi connectivity index (χ2n) is 8.80. The Bertz CT molecular complexity index is 1110. The number of hydrogen-bond acceptors (Lipinski definition) is 5. The Kier molecular flexibility index (Phi) is 6.22. The zero-order valence-electron chi connectivity index (χ0n) is 18.8. The Morgan fingerprint density at radius 3 is 2.42 bits per heavy atom. The van der Waals surface area contributed by atoms with Crippen LogP contribution in [-0.4, -0.2) is 61.1 Å². The summed E-state index contributed by atoms with van der Waals surface area (Å²) in [4.78, 5) is 17.4. The third-order valence-corrected chi connectivity index (χ3v) is 6.81. The third kappa shape index (κ3) is 4.55. The topological polar surface area (TPSA) is 55.2 Å². The Morgan fingerprint density at radius 2 is 1.70 bits per heavy atom. The van der Waals surface area contributed by atoms with Gasteiger partial charge < -0.3 is 18.8 Å². The number of carbonyl (C=O) groups is 1. The number of methoxy groups -OCH3 is 1. The van der Waals surface area contributed by atoms with Crippen LogP contribution < -0.4 is 9.47 Å². The van der Waals surface area contributed by atoms with Crippen molar-refractivity contribution in [2.24, 2.45) is 0 Å². The van der Waals surface area contributed by atoms with Gasteiger partial charge in [-0.05, 0) is 49.9 Å². The van der Waals surface area contributed by atoms with E-state index in [1.807, 2.05) is 23.1 Å². The lowest BCUT2D eigenvalue weighted by Crippen LogP contribution is -2.50. The van der Waals surface area contributed by atoms with Crippen LogP contribution in [0.1, 0.15) is 36.2 Å². The van der Waals surface area contributed by atoms with Gasteiger partial charge in [0, 0.05) is 37.6 Å². The van der Waals surface area contributed by atoms with E-state index in [1.165, 1.54) is 6.07 Å². The quantitative estimate of drug-likeness (QED) is 0.560. The van der Waals surface area contributed by atoms with Crippen LogP contribution in [0.15, 0.2) is 52.9 Å². The molecule has 0 unspecified atom stereocenters. The smallest absolute Gasteiger partial charge is 0.289 e. The number of fused-ring (bicyclic) bond motifs is 1. The average molecular weight is 453 g/mol. The maximum Gasteiger partial charge on any atom is 0.289 e. The van der Waals surface area contributed by atoms with E-state index in [2.05, 4.69) is 4.90 Å². The molecule has 2 aromatic carbocycles. The van der Waals surface area contributed by atoms with Gasteiger partial charge in [0.1, 0.15) is 6.10 Å². The van der Waals surface area contributed by atoms with E-state index in [9.17, 15) is 9.18 Å². The summed E-state index contributed by atoms with van der Waals surface area (Å²) in [7, 11) is 1.60. The van der Waals surface area contributed by atoms with Crippen LogP contribution in [0, 0.1) is 5.82 Å². The molecule has 0 atom stereocenters. The van der Waals surface area contributed by atoms with Crippen LogP contribution in [0.5, 0.6) is 11.5 Å². The molecule has 3 heterocycles. The minimum Gasteiger partial charge on any atom is -0.493 e. The number of benzene rings is 2. The Morgan fingerprint density at radius 1 is 0.970 bits per heavy atom. The molecule has 0 bridgehead atoms. The number of rotatable bonds is 5. The Hall–Kier alpha value is -3.06. The minimum atomic E-state index is -0.306. The summed E-state index contributed by atoms with van der Waals surface area (Å²) in [6, 6.07) is 14.5. The van der Waals surface area contributed by atoms with Crippen LogP contribution in [0.4, 0.5) is 4.39 Å². The molecule has 0 spiro atoms. The predicted molar refractivity (Wildman–Crippen MR) is 123 cm³/mol. The number of ether oxygens (including phenoxy) is 2. The van der Waals surface area contributed by atoms with Gasteiger partial charge in [-0.15, -0.1) is 0 Å². The van der Waals surface area contributed by atoms with Gasteiger partial charge in [0.15, 0.2) is 28.7 Å². The summed E-state index contributed by atoms with van der Waals surface area (Å²) in [6.45, 7) is 3.29. The first kappa shape index (κ1) is 21.8. The molecule has 1 amide bonds. The zero-order chi connectivity index (χ0) is 22.8. The van der Waals surface area contributed by atoms with Gasteiger partial charge in [-0.2, -0.15) is 0 Å². The van der Waals surface area contributed by atoms with Gasteiger partial charge >= 0.3 is 0 Å². The van der Waals surface area contributed by atoms with Crippen molar-refractivity contribution < 1.29 is 23.1 Å². The second kappa shape index (κ2) is 9.43.